The molecular formula is C6H6O. The fourth-order valence-electron chi connectivity index (χ4n) is 0.355. The van der Waals surface area contributed by atoms with Gasteiger partial charge in [0.25, 0.3) is 0 Å². The molecule has 0 saturated carbocycles. The lowest BCUT2D eigenvalue weighted by atomic mass is 10.5. The van der Waals surface area contributed by atoms with Crippen LogP contribution in [0.15, 0.2) is 36.8 Å². The third-order valence-electron chi connectivity index (χ3n) is 0.648. The molecule has 0 radical (unpaired) electrons. The summed E-state index contributed by atoms with van der Waals surface area (Å²) < 4.78 is 4.77. The van der Waals surface area contributed by atoms with E-state index < -0.39 is 0 Å². The maximum atomic E-state index is 4.77. The highest BCUT2D eigenvalue weighted by molar-refractivity contribution is 5.11. The monoisotopic (exact) mass is 94.0 g/mol. The van der Waals surface area contributed by atoms with Crippen LogP contribution in [0.25, 0.3) is 0 Å². The third kappa shape index (κ3) is 1.26. The Bertz CT molecular complexity index is 106. The fraction of sp³-hybridized carbons (Fsp3) is 0. The van der Waals surface area contributed by atoms with Gasteiger partial charge < -0.3 is 4.74 Å². The molecule has 0 saturated heterocycles. The van der Waals surface area contributed by atoms with E-state index in [9.17, 15) is 0 Å². The van der Waals surface area contributed by atoms with E-state index in [0.717, 1.165) is 0 Å². The third-order valence-corrected chi connectivity index (χ3v) is 0.648. The molecule has 1 rings (SSSR count). The van der Waals surface area contributed by atoms with Crippen LogP contribution in [0.3, 0.4) is 0 Å². The number of ether oxygens (including phenoxy) is 1. The van der Waals surface area contributed by atoms with Crippen LogP contribution in [0.4, 0.5) is 0 Å². The van der Waals surface area contributed by atoms with E-state index in [1.807, 2.05) is 24.3 Å². The van der Waals surface area contributed by atoms with Gasteiger partial charge in [-0.2, -0.15) is 0 Å². The second-order valence-corrected chi connectivity index (χ2v) is 1.18. The van der Waals surface area contributed by atoms with Gasteiger partial charge >= 0.3 is 0 Å². The van der Waals surface area contributed by atoms with E-state index in [4.69, 9.17) is 4.74 Å². The molecule has 0 spiro atoms. The van der Waals surface area contributed by atoms with E-state index in [1.54, 1.807) is 12.5 Å². The lowest BCUT2D eigenvalue weighted by molar-refractivity contribution is 0.404. The number of hydrogen-bond donors (Lipinski definition) is 0. The molecule has 1 heteroatoms. The van der Waals surface area contributed by atoms with Gasteiger partial charge in [-0.3, -0.25) is 0 Å². The first-order valence-corrected chi connectivity index (χ1v) is 2.14. The summed E-state index contributed by atoms with van der Waals surface area (Å²) in [4.78, 5) is 0. The maximum absolute atomic E-state index is 4.77. The predicted octanol–water partition coefficient (Wildman–Crippen LogP) is 1.60. The Balaban J connectivity index is 2.60. The number of hydrogen-bond acceptors (Lipinski definition) is 1. The minimum Gasteiger partial charge on any atom is -0.473 e. The van der Waals surface area contributed by atoms with Gasteiger partial charge in [0.05, 0.1) is 12.5 Å². The molecule has 0 amide bonds. The van der Waals surface area contributed by atoms with Crippen LogP contribution in [0.5, 0.6) is 0 Å². The average Bonchev–Trinajstić information content (AvgIpc) is 1.90. The summed E-state index contributed by atoms with van der Waals surface area (Å²) in [6.07, 6.45) is 10.7. The minimum atomic E-state index is 1.62. The number of allylic oxidation sites excluding steroid dienone is 4. The van der Waals surface area contributed by atoms with E-state index in [1.165, 1.54) is 0 Å². The summed E-state index contributed by atoms with van der Waals surface area (Å²) in [5.74, 6) is 0. The molecule has 0 aromatic carbocycles. The molecule has 1 nitrogen and oxygen atoms in total. The standard InChI is InChI=1S/C6H6O/c1-2-4-6-7-5-3-1/h1-6H. The van der Waals surface area contributed by atoms with Gasteiger partial charge in [0, 0.05) is 0 Å². The molecule has 36 valence electrons. The van der Waals surface area contributed by atoms with Crippen LogP contribution in [0, 0.1) is 0 Å². The first-order valence-electron chi connectivity index (χ1n) is 2.14. The van der Waals surface area contributed by atoms with Crippen LogP contribution >= 0.6 is 0 Å². The van der Waals surface area contributed by atoms with Crippen molar-refractivity contribution in [3.05, 3.63) is 36.8 Å². The van der Waals surface area contributed by atoms with Crippen molar-refractivity contribution in [1.29, 1.82) is 0 Å². The molecule has 0 unspecified atom stereocenters. The lowest BCUT2D eigenvalue weighted by Crippen LogP contribution is -1.56. The normalized spacial score (nSPS) is 16.0. The maximum Gasteiger partial charge on any atom is 0.0901 e. The first-order chi connectivity index (χ1) is 3.50. The topological polar surface area (TPSA) is 9.23 Å². The van der Waals surface area contributed by atoms with Gasteiger partial charge in [-0.15, -0.1) is 0 Å². The molecular weight excluding hydrogens is 88.1 g/mol. The molecule has 0 aliphatic carbocycles. The molecule has 0 aromatic rings. The van der Waals surface area contributed by atoms with Crippen molar-refractivity contribution < 1.29 is 4.74 Å². The molecule has 1 aliphatic heterocycles. The Morgan fingerprint density at radius 3 is 1.86 bits per heavy atom. The van der Waals surface area contributed by atoms with E-state index in [0.29, 0.717) is 0 Å². The van der Waals surface area contributed by atoms with E-state index in [2.05, 4.69) is 0 Å². The summed E-state index contributed by atoms with van der Waals surface area (Å²) in [5.41, 5.74) is 0. The molecule has 0 bridgehead atoms. The molecule has 0 atom stereocenters. The average molecular weight is 94.1 g/mol. The fourth-order valence-corrected chi connectivity index (χ4v) is 0.355. The second-order valence-electron chi connectivity index (χ2n) is 1.18. The van der Waals surface area contributed by atoms with Crippen molar-refractivity contribution >= 4 is 0 Å². The molecule has 7 heavy (non-hydrogen) atoms. The highest BCUT2D eigenvalue weighted by atomic mass is 16.5. The summed E-state index contributed by atoms with van der Waals surface area (Å²) in [6, 6.07) is 0. The zero-order valence-electron chi connectivity index (χ0n) is 3.87. The number of rotatable bonds is 0. The summed E-state index contributed by atoms with van der Waals surface area (Å²) in [7, 11) is 0. The predicted molar refractivity (Wildman–Crippen MR) is 28.5 cm³/mol. The quantitative estimate of drug-likeness (QED) is 0.443. The molecule has 0 aromatic heterocycles. The Morgan fingerprint density at radius 1 is 0.714 bits per heavy atom. The minimum absolute atomic E-state index is 1.62. The van der Waals surface area contributed by atoms with Gasteiger partial charge in [-0.1, -0.05) is 12.2 Å². The van der Waals surface area contributed by atoms with Gasteiger partial charge in [-0.05, 0) is 12.2 Å². The molecule has 1 heterocycles. The van der Waals surface area contributed by atoms with Crippen LogP contribution < -0.4 is 0 Å². The van der Waals surface area contributed by atoms with E-state index >= 15 is 0 Å². The highest BCUT2D eigenvalue weighted by Crippen LogP contribution is 1.88. The zero-order chi connectivity index (χ0) is 4.95. The van der Waals surface area contributed by atoms with Gasteiger partial charge in [0.1, 0.15) is 0 Å². The zero-order valence-corrected chi connectivity index (χ0v) is 3.87. The summed E-state index contributed by atoms with van der Waals surface area (Å²) in [6.45, 7) is 0. The molecule has 1 aliphatic rings. The Kier molecular flexibility index (Phi) is 1.34. The molecule has 0 N–H and O–H groups in total. The first kappa shape index (κ1) is 4.19. The van der Waals surface area contributed by atoms with Gasteiger partial charge in [-0.25, -0.2) is 0 Å². The van der Waals surface area contributed by atoms with Crippen molar-refractivity contribution in [3.63, 3.8) is 0 Å². The van der Waals surface area contributed by atoms with Crippen molar-refractivity contribution in [2.75, 3.05) is 0 Å². The lowest BCUT2D eigenvalue weighted by Gasteiger charge is -1.79. The summed E-state index contributed by atoms with van der Waals surface area (Å²) >= 11 is 0. The van der Waals surface area contributed by atoms with Crippen molar-refractivity contribution in [1.82, 2.24) is 0 Å². The summed E-state index contributed by atoms with van der Waals surface area (Å²) in [5, 5.41) is 0. The van der Waals surface area contributed by atoms with E-state index in [-0.39, 0.29) is 0 Å². The van der Waals surface area contributed by atoms with Crippen LogP contribution in [-0.2, 0) is 4.74 Å². The van der Waals surface area contributed by atoms with Crippen LogP contribution in [0.1, 0.15) is 0 Å². The van der Waals surface area contributed by atoms with Crippen molar-refractivity contribution in [2.24, 2.45) is 0 Å². The second kappa shape index (κ2) is 2.24. The van der Waals surface area contributed by atoms with Crippen molar-refractivity contribution in [3.8, 4) is 0 Å². The van der Waals surface area contributed by atoms with Crippen LogP contribution in [-0.4, -0.2) is 0 Å². The van der Waals surface area contributed by atoms with Crippen LogP contribution in [0.2, 0.25) is 0 Å². The molecule has 0 fully saturated rings. The Morgan fingerprint density at radius 2 is 1.29 bits per heavy atom. The Labute approximate surface area is 42.6 Å². The highest BCUT2D eigenvalue weighted by Gasteiger charge is 1.69. The SMILES string of the molecule is C1=CC=COC=C1. The largest absolute Gasteiger partial charge is 0.473 e. The van der Waals surface area contributed by atoms with Gasteiger partial charge in [0.15, 0.2) is 0 Å². The van der Waals surface area contributed by atoms with Crippen molar-refractivity contribution in [2.45, 2.75) is 0 Å². The smallest absolute Gasteiger partial charge is 0.0901 e. The van der Waals surface area contributed by atoms with Gasteiger partial charge in [0.2, 0.25) is 0 Å². The Hall–Kier alpha value is -0.980.